The summed E-state index contributed by atoms with van der Waals surface area (Å²) in [7, 11) is 1.78. The fourth-order valence-corrected chi connectivity index (χ4v) is 2.56. The van der Waals surface area contributed by atoms with Gasteiger partial charge in [0, 0.05) is 20.1 Å². The Morgan fingerprint density at radius 1 is 1.15 bits per heavy atom. The van der Waals surface area contributed by atoms with Crippen LogP contribution in [0.4, 0.5) is 0 Å². The first-order valence-electron chi connectivity index (χ1n) is 8.84. The lowest BCUT2D eigenvalue weighted by Crippen LogP contribution is -2.38. The molecule has 2 N–H and O–H groups in total. The van der Waals surface area contributed by atoms with Gasteiger partial charge in [0.2, 0.25) is 0 Å². The van der Waals surface area contributed by atoms with Crippen molar-refractivity contribution in [3.63, 3.8) is 0 Å². The van der Waals surface area contributed by atoms with E-state index in [9.17, 15) is 0 Å². The van der Waals surface area contributed by atoms with Gasteiger partial charge in [0.25, 0.3) is 0 Å². The Labute approximate surface area is 173 Å². The summed E-state index contributed by atoms with van der Waals surface area (Å²) in [5.41, 5.74) is 2.88. The number of hydrogen-bond acceptors (Lipinski definition) is 3. The van der Waals surface area contributed by atoms with Gasteiger partial charge in [-0.2, -0.15) is 0 Å². The van der Waals surface area contributed by atoms with E-state index >= 15 is 0 Å². The zero-order valence-corrected chi connectivity index (χ0v) is 18.7. The van der Waals surface area contributed by atoms with Crippen molar-refractivity contribution in [3.8, 4) is 0 Å². The Balaban J connectivity index is 0.00000338. The fourth-order valence-electron chi connectivity index (χ4n) is 2.56. The monoisotopic (exact) mass is 470 g/mol. The molecule has 144 valence electrons. The number of rotatable bonds is 6. The second-order valence-corrected chi connectivity index (χ2v) is 7.08. The summed E-state index contributed by atoms with van der Waals surface area (Å²) in [4.78, 5) is 4.26. The summed E-state index contributed by atoms with van der Waals surface area (Å²) < 4.78 is 2.01. The van der Waals surface area contributed by atoms with Crippen LogP contribution in [0.1, 0.15) is 44.6 Å². The number of nitrogens with one attached hydrogen (secondary N) is 2. The fraction of sp³-hybridized carbons (Fsp3) is 0.526. The number of aliphatic imine (C=N–C) groups is 1. The van der Waals surface area contributed by atoms with Crippen molar-refractivity contribution in [2.24, 2.45) is 4.99 Å². The topological polar surface area (TPSA) is 67.1 Å². The van der Waals surface area contributed by atoms with Crippen molar-refractivity contribution in [3.05, 3.63) is 47.5 Å². The zero-order valence-electron chi connectivity index (χ0n) is 16.4. The lowest BCUT2D eigenvalue weighted by Gasteiger charge is -2.19. The molecule has 0 aliphatic carbocycles. The van der Waals surface area contributed by atoms with Crippen LogP contribution < -0.4 is 10.6 Å². The van der Waals surface area contributed by atoms with E-state index in [1.807, 2.05) is 4.57 Å². The van der Waals surface area contributed by atoms with Gasteiger partial charge < -0.3 is 15.2 Å². The molecule has 2 aromatic rings. The molecular formula is C19H31IN6. The van der Waals surface area contributed by atoms with E-state index in [2.05, 4.69) is 77.8 Å². The second kappa shape index (κ2) is 10.5. The highest BCUT2D eigenvalue weighted by Gasteiger charge is 2.12. The molecule has 0 unspecified atom stereocenters. The SMILES string of the molecule is CCn1cnnc1CNC(=NC)NCCc1ccc(C(C)(C)C)cc1.I. The molecule has 0 radical (unpaired) electrons. The number of hydrogen-bond donors (Lipinski definition) is 2. The number of halogens is 1. The predicted octanol–water partition coefficient (Wildman–Crippen LogP) is 3.12. The Bertz CT molecular complexity index is 685. The highest BCUT2D eigenvalue weighted by molar-refractivity contribution is 14.0. The van der Waals surface area contributed by atoms with Crippen molar-refractivity contribution in [2.75, 3.05) is 13.6 Å². The lowest BCUT2D eigenvalue weighted by atomic mass is 9.86. The van der Waals surface area contributed by atoms with Crippen LogP contribution in [0.15, 0.2) is 35.6 Å². The summed E-state index contributed by atoms with van der Waals surface area (Å²) in [6.07, 6.45) is 2.70. The van der Waals surface area contributed by atoms with Crippen LogP contribution in [-0.2, 0) is 24.9 Å². The van der Waals surface area contributed by atoms with Gasteiger partial charge in [0.05, 0.1) is 6.54 Å². The zero-order chi connectivity index (χ0) is 18.3. The molecule has 2 rings (SSSR count). The minimum absolute atomic E-state index is 0. The summed E-state index contributed by atoms with van der Waals surface area (Å²) in [5, 5.41) is 14.7. The Morgan fingerprint density at radius 3 is 2.42 bits per heavy atom. The van der Waals surface area contributed by atoms with Crippen LogP contribution in [0.2, 0.25) is 0 Å². The molecule has 0 aliphatic rings. The summed E-state index contributed by atoms with van der Waals surface area (Å²) in [5.74, 6) is 1.68. The van der Waals surface area contributed by atoms with Gasteiger partial charge in [-0.1, -0.05) is 45.0 Å². The Morgan fingerprint density at radius 2 is 1.85 bits per heavy atom. The standard InChI is InChI=1S/C19H30N6.HI/c1-6-25-14-23-24-17(25)13-22-18(20-5)21-12-11-15-7-9-16(10-8-15)19(2,3)4;/h7-10,14H,6,11-13H2,1-5H3,(H2,20,21,22);1H. The molecule has 7 heteroatoms. The van der Waals surface area contributed by atoms with Crippen molar-refractivity contribution in [2.45, 2.75) is 52.6 Å². The number of aryl methyl sites for hydroxylation is 1. The molecule has 26 heavy (non-hydrogen) atoms. The third kappa shape index (κ3) is 6.59. The number of benzene rings is 1. The van der Waals surface area contributed by atoms with E-state index in [1.54, 1.807) is 13.4 Å². The van der Waals surface area contributed by atoms with Gasteiger partial charge in [0.1, 0.15) is 6.33 Å². The van der Waals surface area contributed by atoms with E-state index in [0.29, 0.717) is 6.54 Å². The maximum atomic E-state index is 4.26. The van der Waals surface area contributed by atoms with Gasteiger partial charge in [-0.05, 0) is 29.9 Å². The van der Waals surface area contributed by atoms with Crippen LogP contribution in [-0.4, -0.2) is 34.3 Å². The largest absolute Gasteiger partial charge is 0.356 e. The molecule has 0 spiro atoms. The molecule has 0 aliphatic heterocycles. The first-order valence-corrected chi connectivity index (χ1v) is 8.84. The molecule has 0 amide bonds. The van der Waals surface area contributed by atoms with Crippen LogP contribution in [0.5, 0.6) is 0 Å². The minimum Gasteiger partial charge on any atom is -0.356 e. The third-order valence-corrected chi connectivity index (χ3v) is 4.20. The molecule has 0 saturated heterocycles. The highest BCUT2D eigenvalue weighted by atomic mass is 127. The summed E-state index contributed by atoms with van der Waals surface area (Å²) in [6, 6.07) is 8.87. The van der Waals surface area contributed by atoms with E-state index in [0.717, 1.165) is 31.3 Å². The van der Waals surface area contributed by atoms with Crippen LogP contribution in [0.3, 0.4) is 0 Å². The first kappa shape index (κ1) is 22.4. The van der Waals surface area contributed by atoms with Crippen molar-refractivity contribution in [1.82, 2.24) is 25.4 Å². The smallest absolute Gasteiger partial charge is 0.191 e. The van der Waals surface area contributed by atoms with Crippen molar-refractivity contribution < 1.29 is 0 Å². The molecule has 1 heterocycles. The summed E-state index contributed by atoms with van der Waals surface area (Å²) >= 11 is 0. The van der Waals surface area contributed by atoms with Gasteiger partial charge in [-0.3, -0.25) is 4.99 Å². The van der Waals surface area contributed by atoms with E-state index < -0.39 is 0 Å². The molecule has 0 atom stereocenters. The van der Waals surface area contributed by atoms with Gasteiger partial charge in [0.15, 0.2) is 11.8 Å². The third-order valence-electron chi connectivity index (χ3n) is 4.20. The molecule has 0 bridgehead atoms. The van der Waals surface area contributed by atoms with Gasteiger partial charge >= 0.3 is 0 Å². The number of guanidine groups is 1. The van der Waals surface area contributed by atoms with Crippen molar-refractivity contribution in [1.29, 1.82) is 0 Å². The summed E-state index contributed by atoms with van der Waals surface area (Å²) in [6.45, 7) is 11.1. The van der Waals surface area contributed by atoms with E-state index in [4.69, 9.17) is 0 Å². The van der Waals surface area contributed by atoms with E-state index in [-0.39, 0.29) is 29.4 Å². The quantitative estimate of drug-likeness (QED) is 0.387. The molecule has 1 aromatic heterocycles. The first-order chi connectivity index (χ1) is 11.9. The molecular weight excluding hydrogens is 439 g/mol. The Kier molecular flexibility index (Phi) is 9.04. The predicted molar refractivity (Wildman–Crippen MR) is 118 cm³/mol. The maximum Gasteiger partial charge on any atom is 0.191 e. The minimum atomic E-state index is 0. The molecule has 1 aromatic carbocycles. The average molecular weight is 470 g/mol. The molecule has 0 saturated carbocycles. The van der Waals surface area contributed by atoms with E-state index in [1.165, 1.54) is 11.1 Å². The van der Waals surface area contributed by atoms with Crippen molar-refractivity contribution >= 4 is 29.9 Å². The van der Waals surface area contributed by atoms with Crippen LogP contribution in [0, 0.1) is 0 Å². The highest BCUT2D eigenvalue weighted by Crippen LogP contribution is 2.22. The van der Waals surface area contributed by atoms with Crippen LogP contribution in [0.25, 0.3) is 0 Å². The van der Waals surface area contributed by atoms with Gasteiger partial charge in [-0.25, -0.2) is 0 Å². The maximum absolute atomic E-state index is 4.26. The van der Waals surface area contributed by atoms with Crippen LogP contribution >= 0.6 is 24.0 Å². The number of nitrogens with zero attached hydrogens (tertiary/aromatic N) is 4. The van der Waals surface area contributed by atoms with Gasteiger partial charge in [-0.15, -0.1) is 34.2 Å². The lowest BCUT2D eigenvalue weighted by molar-refractivity contribution is 0.590. The normalized spacial score (nSPS) is 11.8. The second-order valence-electron chi connectivity index (χ2n) is 7.08. The molecule has 0 fully saturated rings. The average Bonchev–Trinajstić information content (AvgIpc) is 3.05. The molecule has 6 nitrogen and oxygen atoms in total. The number of aromatic nitrogens is 3. The Hall–Kier alpha value is -1.64.